The Bertz CT molecular complexity index is 993. The second-order valence-corrected chi connectivity index (χ2v) is 5.14. The number of hydrogen-bond donors (Lipinski definition) is 1. The van der Waals surface area contributed by atoms with Gasteiger partial charge in [0, 0.05) is 12.4 Å². The molecule has 0 radical (unpaired) electrons. The highest BCUT2D eigenvalue weighted by atomic mass is 16.5. The molecule has 0 aliphatic heterocycles. The van der Waals surface area contributed by atoms with Gasteiger partial charge in [0.2, 0.25) is 0 Å². The summed E-state index contributed by atoms with van der Waals surface area (Å²) in [6.45, 7) is 2.01. The summed E-state index contributed by atoms with van der Waals surface area (Å²) in [5, 5.41) is 11.7. The molecule has 1 aromatic carbocycles. The van der Waals surface area contributed by atoms with E-state index in [1.54, 1.807) is 49.5 Å². The molecule has 0 fully saturated rings. The van der Waals surface area contributed by atoms with Crippen molar-refractivity contribution in [2.75, 3.05) is 6.61 Å². The van der Waals surface area contributed by atoms with Crippen molar-refractivity contribution < 1.29 is 9.53 Å². The molecule has 7 nitrogen and oxygen atoms in total. The van der Waals surface area contributed by atoms with Crippen LogP contribution in [0.2, 0.25) is 0 Å². The first-order chi connectivity index (χ1) is 12.1. The Labute approximate surface area is 143 Å². The molecule has 0 aliphatic carbocycles. The van der Waals surface area contributed by atoms with Crippen LogP contribution in [-0.2, 0) is 4.74 Å². The van der Waals surface area contributed by atoms with Gasteiger partial charge < -0.3 is 4.74 Å². The standard InChI is InChI=1S/C18H14N4O3/c1-2-25-18(24)14-7-8-16(20-10-14)22-17(23)15(11-21-22)13-5-3-12(9-19)4-6-13/h3-8,10-11,21H,2H2,1H3. The molecular formula is C18H14N4O3. The number of pyridine rings is 1. The zero-order valence-electron chi connectivity index (χ0n) is 13.4. The summed E-state index contributed by atoms with van der Waals surface area (Å²) < 4.78 is 6.18. The molecule has 0 spiro atoms. The Morgan fingerprint density at radius 3 is 2.64 bits per heavy atom. The normalized spacial score (nSPS) is 10.2. The number of esters is 1. The molecule has 3 aromatic rings. The van der Waals surface area contributed by atoms with Gasteiger partial charge >= 0.3 is 5.97 Å². The molecule has 0 saturated carbocycles. The molecular weight excluding hydrogens is 320 g/mol. The summed E-state index contributed by atoms with van der Waals surface area (Å²) in [6.07, 6.45) is 2.94. The number of rotatable bonds is 4. The Morgan fingerprint density at radius 1 is 1.28 bits per heavy atom. The highest BCUT2D eigenvalue weighted by Gasteiger charge is 2.12. The Kier molecular flexibility index (Phi) is 4.44. The van der Waals surface area contributed by atoms with Gasteiger partial charge in [-0.05, 0) is 36.8 Å². The lowest BCUT2D eigenvalue weighted by molar-refractivity contribution is 0.0526. The van der Waals surface area contributed by atoms with E-state index in [-0.39, 0.29) is 12.2 Å². The monoisotopic (exact) mass is 334 g/mol. The van der Waals surface area contributed by atoms with Gasteiger partial charge in [-0.25, -0.2) is 14.5 Å². The van der Waals surface area contributed by atoms with Gasteiger partial charge in [-0.1, -0.05) is 12.1 Å². The van der Waals surface area contributed by atoms with E-state index < -0.39 is 5.97 Å². The number of carbonyl (C=O) groups is 1. The number of benzene rings is 1. The third-order valence-electron chi connectivity index (χ3n) is 3.58. The minimum absolute atomic E-state index is 0.277. The highest BCUT2D eigenvalue weighted by Crippen LogP contribution is 2.16. The number of ether oxygens (including phenoxy) is 1. The number of nitrogens with zero attached hydrogens (tertiary/aromatic N) is 3. The lowest BCUT2D eigenvalue weighted by atomic mass is 10.1. The van der Waals surface area contributed by atoms with Crippen LogP contribution >= 0.6 is 0 Å². The predicted octanol–water partition coefficient (Wildman–Crippen LogP) is 2.28. The summed E-state index contributed by atoms with van der Waals surface area (Å²) in [5.41, 5.74) is 1.72. The van der Waals surface area contributed by atoms with Crippen molar-refractivity contribution in [1.29, 1.82) is 5.26 Å². The van der Waals surface area contributed by atoms with E-state index in [1.165, 1.54) is 10.9 Å². The molecule has 1 N–H and O–H groups in total. The molecule has 3 rings (SSSR count). The van der Waals surface area contributed by atoms with Gasteiger partial charge in [-0.15, -0.1) is 0 Å². The van der Waals surface area contributed by atoms with Gasteiger partial charge in [0.25, 0.3) is 5.56 Å². The van der Waals surface area contributed by atoms with Crippen LogP contribution < -0.4 is 5.56 Å². The average molecular weight is 334 g/mol. The fourth-order valence-electron chi connectivity index (χ4n) is 2.32. The minimum Gasteiger partial charge on any atom is -0.462 e. The van der Waals surface area contributed by atoms with Gasteiger partial charge in [-0.2, -0.15) is 5.26 Å². The molecule has 2 aromatic heterocycles. The molecule has 124 valence electrons. The zero-order valence-corrected chi connectivity index (χ0v) is 13.4. The largest absolute Gasteiger partial charge is 0.462 e. The van der Waals surface area contributed by atoms with E-state index in [0.29, 0.717) is 28.1 Å². The number of H-pyrrole nitrogens is 1. The van der Waals surface area contributed by atoms with Gasteiger partial charge in [0.15, 0.2) is 5.82 Å². The average Bonchev–Trinajstić information content (AvgIpc) is 3.03. The number of nitriles is 1. The predicted molar refractivity (Wildman–Crippen MR) is 90.3 cm³/mol. The number of nitrogens with one attached hydrogen (secondary N) is 1. The second-order valence-electron chi connectivity index (χ2n) is 5.14. The van der Waals surface area contributed by atoms with Crippen molar-refractivity contribution in [3.63, 3.8) is 0 Å². The number of aromatic nitrogens is 3. The lowest BCUT2D eigenvalue weighted by Gasteiger charge is -2.03. The maximum atomic E-state index is 12.6. The van der Waals surface area contributed by atoms with Gasteiger partial charge in [0.05, 0.1) is 29.4 Å². The van der Waals surface area contributed by atoms with E-state index in [9.17, 15) is 9.59 Å². The van der Waals surface area contributed by atoms with Crippen LogP contribution in [0.25, 0.3) is 16.9 Å². The number of hydrogen-bond acceptors (Lipinski definition) is 5. The van der Waals surface area contributed by atoms with E-state index in [0.717, 1.165) is 0 Å². The van der Waals surface area contributed by atoms with Gasteiger partial charge in [0.1, 0.15) is 0 Å². The van der Waals surface area contributed by atoms with Crippen molar-refractivity contribution in [3.05, 3.63) is 70.3 Å². The fourth-order valence-corrected chi connectivity index (χ4v) is 2.32. The molecule has 0 atom stereocenters. The highest BCUT2D eigenvalue weighted by molar-refractivity contribution is 5.89. The van der Waals surface area contributed by atoms with Gasteiger partial charge in [-0.3, -0.25) is 9.89 Å². The van der Waals surface area contributed by atoms with E-state index in [2.05, 4.69) is 10.1 Å². The maximum absolute atomic E-state index is 12.6. The zero-order chi connectivity index (χ0) is 17.8. The summed E-state index contributed by atoms with van der Waals surface area (Å²) in [5.74, 6) is -0.100. The molecule has 0 amide bonds. The lowest BCUT2D eigenvalue weighted by Crippen LogP contribution is -2.17. The van der Waals surface area contributed by atoms with Crippen molar-refractivity contribution in [2.24, 2.45) is 0 Å². The van der Waals surface area contributed by atoms with Crippen LogP contribution in [0.15, 0.2) is 53.6 Å². The molecule has 0 aliphatic rings. The quantitative estimate of drug-likeness (QED) is 0.738. The fraction of sp³-hybridized carbons (Fsp3) is 0.111. The van der Waals surface area contributed by atoms with Crippen molar-refractivity contribution >= 4 is 5.97 Å². The first-order valence-corrected chi connectivity index (χ1v) is 7.58. The number of carbonyl (C=O) groups excluding carboxylic acids is 1. The van der Waals surface area contributed by atoms with Crippen molar-refractivity contribution in [2.45, 2.75) is 6.92 Å². The van der Waals surface area contributed by atoms with Crippen LogP contribution in [0.5, 0.6) is 0 Å². The first kappa shape index (κ1) is 16.2. The topological polar surface area (TPSA) is 101 Å². The van der Waals surface area contributed by atoms with Crippen molar-refractivity contribution in [1.82, 2.24) is 14.8 Å². The Hall–Kier alpha value is -3.66. The second kappa shape index (κ2) is 6.84. The van der Waals surface area contributed by atoms with Crippen LogP contribution in [0.3, 0.4) is 0 Å². The van der Waals surface area contributed by atoms with Crippen molar-refractivity contribution in [3.8, 4) is 23.0 Å². The first-order valence-electron chi connectivity index (χ1n) is 7.58. The maximum Gasteiger partial charge on any atom is 0.339 e. The van der Waals surface area contributed by atoms with Crippen LogP contribution in [0, 0.1) is 11.3 Å². The summed E-state index contributed by atoms with van der Waals surface area (Å²) in [4.78, 5) is 28.4. The van der Waals surface area contributed by atoms with E-state index >= 15 is 0 Å². The smallest absolute Gasteiger partial charge is 0.339 e. The summed E-state index contributed by atoms with van der Waals surface area (Å²) in [7, 11) is 0. The molecule has 25 heavy (non-hydrogen) atoms. The molecule has 7 heteroatoms. The minimum atomic E-state index is -0.460. The van der Waals surface area contributed by atoms with Crippen LogP contribution in [-0.4, -0.2) is 27.3 Å². The molecule has 0 unspecified atom stereocenters. The van der Waals surface area contributed by atoms with E-state index in [4.69, 9.17) is 10.00 Å². The Morgan fingerprint density at radius 2 is 2.04 bits per heavy atom. The third kappa shape index (κ3) is 3.19. The Balaban J connectivity index is 1.92. The summed E-state index contributed by atoms with van der Waals surface area (Å²) >= 11 is 0. The SMILES string of the molecule is CCOC(=O)c1ccc(-n2[nH]cc(-c3ccc(C#N)cc3)c2=O)nc1. The third-order valence-corrected chi connectivity index (χ3v) is 3.58. The van der Waals surface area contributed by atoms with E-state index in [1.807, 2.05) is 6.07 Å². The molecule has 0 saturated heterocycles. The van der Waals surface area contributed by atoms with Crippen LogP contribution in [0.1, 0.15) is 22.8 Å². The number of aromatic amines is 1. The summed E-state index contributed by atoms with van der Waals surface area (Å²) in [6, 6.07) is 11.9. The molecule has 2 heterocycles. The van der Waals surface area contributed by atoms with Crippen LogP contribution in [0.4, 0.5) is 0 Å². The molecule has 0 bridgehead atoms.